The number of benzene rings is 2. The maximum Gasteiger partial charge on any atom is 0.115 e. The summed E-state index contributed by atoms with van der Waals surface area (Å²) in [5.41, 5.74) is 1.23. The van der Waals surface area contributed by atoms with E-state index in [-0.39, 0.29) is 0 Å². The molecule has 2 N–H and O–H groups in total. The Balaban J connectivity index is 0.000000149. The fourth-order valence-electron chi connectivity index (χ4n) is 1.51. The molecule has 3 nitrogen and oxygen atoms in total. The normalized spacial score (nSPS) is 16.6. The average Bonchev–Trinajstić information content (AvgIpc) is 3.18. The summed E-state index contributed by atoms with van der Waals surface area (Å²) in [5, 5.41) is 17.6. The van der Waals surface area contributed by atoms with E-state index in [1.54, 1.807) is 36.4 Å². The molecule has 1 atom stereocenters. The second-order valence-electron chi connectivity index (χ2n) is 4.16. The van der Waals surface area contributed by atoms with Crippen LogP contribution in [0.5, 0.6) is 11.5 Å². The summed E-state index contributed by atoms with van der Waals surface area (Å²) in [7, 11) is 0. The van der Waals surface area contributed by atoms with Crippen molar-refractivity contribution in [1.29, 1.82) is 0 Å². The van der Waals surface area contributed by atoms with Crippen molar-refractivity contribution in [3.63, 3.8) is 0 Å². The Morgan fingerprint density at radius 1 is 0.889 bits per heavy atom. The van der Waals surface area contributed by atoms with E-state index in [2.05, 4.69) is 0 Å². The largest absolute Gasteiger partial charge is 0.508 e. The minimum Gasteiger partial charge on any atom is -0.508 e. The summed E-state index contributed by atoms with van der Waals surface area (Å²) < 4.78 is 5.08. The van der Waals surface area contributed by atoms with E-state index >= 15 is 0 Å². The van der Waals surface area contributed by atoms with Crippen LogP contribution < -0.4 is 0 Å². The highest BCUT2D eigenvalue weighted by Gasteiger charge is 2.22. The molecule has 0 aromatic heterocycles. The van der Waals surface area contributed by atoms with Gasteiger partial charge in [-0.3, -0.25) is 0 Å². The first-order valence-electron chi connectivity index (χ1n) is 5.87. The smallest absolute Gasteiger partial charge is 0.115 e. The van der Waals surface area contributed by atoms with Crippen LogP contribution in [0, 0.1) is 0 Å². The van der Waals surface area contributed by atoms with E-state index < -0.39 is 0 Å². The van der Waals surface area contributed by atoms with Gasteiger partial charge in [0.05, 0.1) is 12.7 Å². The molecular weight excluding hydrogens is 228 g/mol. The van der Waals surface area contributed by atoms with Gasteiger partial charge >= 0.3 is 0 Å². The number of aromatic hydroxyl groups is 2. The van der Waals surface area contributed by atoms with Crippen LogP contribution in [-0.4, -0.2) is 22.9 Å². The molecule has 0 amide bonds. The van der Waals surface area contributed by atoms with Crippen LogP contribution >= 0.6 is 0 Å². The van der Waals surface area contributed by atoms with Gasteiger partial charge in [0.25, 0.3) is 0 Å². The van der Waals surface area contributed by atoms with Gasteiger partial charge in [0.2, 0.25) is 0 Å². The lowest BCUT2D eigenvalue weighted by molar-refractivity contribution is 0.407. The molecule has 1 fully saturated rings. The molecule has 0 saturated carbocycles. The second-order valence-corrected chi connectivity index (χ2v) is 4.16. The molecule has 1 aliphatic heterocycles. The number of hydrogen-bond donors (Lipinski definition) is 2. The van der Waals surface area contributed by atoms with Crippen molar-refractivity contribution < 1.29 is 14.9 Å². The molecule has 1 unspecified atom stereocenters. The third kappa shape index (κ3) is 4.47. The Kier molecular flexibility index (Phi) is 4.20. The van der Waals surface area contributed by atoms with Gasteiger partial charge in [-0.2, -0.15) is 0 Å². The third-order valence-electron chi connectivity index (χ3n) is 2.56. The highest BCUT2D eigenvalue weighted by Crippen LogP contribution is 2.17. The number of hydrogen-bond acceptors (Lipinski definition) is 3. The molecule has 1 saturated heterocycles. The zero-order chi connectivity index (χ0) is 12.8. The van der Waals surface area contributed by atoms with Crippen molar-refractivity contribution in [3.8, 4) is 11.5 Å². The van der Waals surface area contributed by atoms with Gasteiger partial charge < -0.3 is 14.9 Å². The highest BCUT2D eigenvalue weighted by molar-refractivity contribution is 5.26. The number of ether oxygens (including phenoxy) is 1. The van der Waals surface area contributed by atoms with Crippen LogP contribution in [0.4, 0.5) is 0 Å². The minimum atomic E-state index is 0.322. The molecule has 18 heavy (non-hydrogen) atoms. The maximum absolute atomic E-state index is 8.98. The van der Waals surface area contributed by atoms with Gasteiger partial charge in [-0.1, -0.05) is 30.3 Å². The van der Waals surface area contributed by atoms with Crippen LogP contribution in [0.25, 0.3) is 0 Å². The lowest BCUT2D eigenvalue weighted by atomic mass is 10.1. The van der Waals surface area contributed by atoms with Crippen molar-refractivity contribution in [2.75, 3.05) is 6.61 Å². The lowest BCUT2D eigenvalue weighted by Crippen LogP contribution is -1.91. The van der Waals surface area contributed by atoms with Gasteiger partial charge in [0.15, 0.2) is 0 Å². The van der Waals surface area contributed by atoms with Crippen molar-refractivity contribution in [2.24, 2.45) is 0 Å². The molecule has 2 aromatic rings. The summed E-state index contributed by atoms with van der Waals surface area (Å²) in [6.07, 6.45) is 1.40. The van der Waals surface area contributed by atoms with Gasteiger partial charge in [-0.15, -0.1) is 0 Å². The molecule has 0 radical (unpaired) electrons. The van der Waals surface area contributed by atoms with Gasteiger partial charge in [-0.25, -0.2) is 0 Å². The van der Waals surface area contributed by atoms with Crippen LogP contribution in [0.2, 0.25) is 0 Å². The quantitative estimate of drug-likeness (QED) is 0.799. The molecular formula is C15H16O3. The Bertz CT molecular complexity index is 461. The topological polar surface area (TPSA) is 53.0 Å². The van der Waals surface area contributed by atoms with Crippen molar-refractivity contribution >= 4 is 0 Å². The summed E-state index contributed by atoms with van der Waals surface area (Å²) >= 11 is 0. The molecule has 94 valence electrons. The van der Waals surface area contributed by atoms with Crippen molar-refractivity contribution in [2.45, 2.75) is 12.5 Å². The summed E-state index contributed by atoms with van der Waals surface area (Å²) in [5.74, 6) is 0.646. The van der Waals surface area contributed by atoms with Gasteiger partial charge in [-0.05, 0) is 29.8 Å². The summed E-state index contributed by atoms with van der Waals surface area (Å²) in [6, 6.07) is 16.0. The highest BCUT2D eigenvalue weighted by atomic mass is 16.6. The van der Waals surface area contributed by atoms with Crippen molar-refractivity contribution in [1.82, 2.24) is 0 Å². The number of phenols is 2. The minimum absolute atomic E-state index is 0.322. The van der Waals surface area contributed by atoms with E-state index in [0.717, 1.165) is 13.0 Å². The number of rotatable bonds is 2. The first-order valence-corrected chi connectivity index (χ1v) is 5.87. The first kappa shape index (κ1) is 12.5. The molecule has 0 spiro atoms. The molecule has 2 aromatic carbocycles. The van der Waals surface area contributed by atoms with Gasteiger partial charge in [0.1, 0.15) is 11.5 Å². The predicted molar refractivity (Wildman–Crippen MR) is 69.7 cm³/mol. The van der Waals surface area contributed by atoms with Crippen LogP contribution in [-0.2, 0) is 11.2 Å². The Morgan fingerprint density at radius 3 is 1.89 bits per heavy atom. The second kappa shape index (κ2) is 6.07. The Labute approximate surface area is 106 Å². The van der Waals surface area contributed by atoms with Gasteiger partial charge in [0, 0.05) is 6.42 Å². The van der Waals surface area contributed by atoms with E-state index in [1.165, 1.54) is 5.56 Å². The Morgan fingerprint density at radius 2 is 1.44 bits per heavy atom. The molecule has 3 heteroatoms. The molecule has 0 aliphatic carbocycles. The number of phenolic OH excluding ortho intramolecular Hbond substituents is 2. The monoisotopic (exact) mass is 244 g/mol. The fraction of sp³-hybridized carbons (Fsp3) is 0.200. The van der Waals surface area contributed by atoms with Crippen LogP contribution in [0.15, 0.2) is 54.6 Å². The standard InChI is InChI=1S/C9H10O2.C6H6O/c10-8-3-1-7(2-4-8)5-9-6-11-9;7-6-4-2-1-3-5-6/h1-4,9-10H,5-6H2;1-5,7H. The van der Waals surface area contributed by atoms with E-state index in [0.29, 0.717) is 17.6 Å². The zero-order valence-corrected chi connectivity index (χ0v) is 9.99. The van der Waals surface area contributed by atoms with Crippen LogP contribution in [0.1, 0.15) is 5.56 Å². The summed E-state index contributed by atoms with van der Waals surface area (Å²) in [4.78, 5) is 0. The summed E-state index contributed by atoms with van der Waals surface area (Å²) in [6.45, 7) is 0.890. The van der Waals surface area contributed by atoms with Crippen LogP contribution in [0.3, 0.4) is 0 Å². The average molecular weight is 244 g/mol. The Hall–Kier alpha value is -2.00. The SMILES string of the molecule is Oc1ccc(CC2CO2)cc1.Oc1ccccc1. The first-order chi connectivity index (χ1) is 8.74. The molecule has 1 heterocycles. The number of epoxide rings is 1. The van der Waals surface area contributed by atoms with E-state index in [9.17, 15) is 0 Å². The molecule has 3 rings (SSSR count). The zero-order valence-electron chi connectivity index (χ0n) is 9.99. The maximum atomic E-state index is 8.98. The lowest BCUT2D eigenvalue weighted by Gasteiger charge is -1.96. The number of para-hydroxylation sites is 1. The van der Waals surface area contributed by atoms with E-state index in [1.807, 2.05) is 18.2 Å². The predicted octanol–water partition coefficient (Wildman–Crippen LogP) is 2.73. The van der Waals surface area contributed by atoms with E-state index in [4.69, 9.17) is 14.9 Å². The third-order valence-corrected chi connectivity index (χ3v) is 2.56. The van der Waals surface area contributed by atoms with Crippen molar-refractivity contribution in [3.05, 3.63) is 60.2 Å². The molecule has 1 aliphatic rings. The molecule has 0 bridgehead atoms. The fourth-order valence-corrected chi connectivity index (χ4v) is 1.51.